The minimum absolute atomic E-state index is 0.0204. The van der Waals surface area contributed by atoms with E-state index in [0.29, 0.717) is 24.1 Å². The third-order valence-electron chi connectivity index (χ3n) is 5.12. The summed E-state index contributed by atoms with van der Waals surface area (Å²) in [6, 6.07) is 9.79. The van der Waals surface area contributed by atoms with Gasteiger partial charge in [-0.25, -0.2) is 0 Å². The number of esters is 1. The molecule has 7 heteroatoms. The number of carbonyl (C=O) groups is 4. The zero-order valence-corrected chi connectivity index (χ0v) is 15.8. The van der Waals surface area contributed by atoms with E-state index in [1.54, 1.807) is 6.92 Å². The van der Waals surface area contributed by atoms with Gasteiger partial charge in [0.25, 0.3) is 0 Å². The molecule has 0 saturated heterocycles. The van der Waals surface area contributed by atoms with Crippen molar-refractivity contribution in [2.24, 2.45) is 5.92 Å². The van der Waals surface area contributed by atoms with Crippen LogP contribution in [0, 0.1) is 5.92 Å². The molecule has 7 nitrogen and oxygen atoms in total. The molecule has 0 aromatic heterocycles. The van der Waals surface area contributed by atoms with E-state index in [1.165, 1.54) is 0 Å². The van der Waals surface area contributed by atoms with Gasteiger partial charge < -0.3 is 15.4 Å². The van der Waals surface area contributed by atoms with E-state index in [0.717, 1.165) is 5.56 Å². The van der Waals surface area contributed by atoms with Crippen LogP contribution in [0.15, 0.2) is 41.6 Å². The summed E-state index contributed by atoms with van der Waals surface area (Å²) in [5, 5.41) is 5.29. The van der Waals surface area contributed by atoms with Crippen LogP contribution >= 0.6 is 0 Å². The van der Waals surface area contributed by atoms with Gasteiger partial charge >= 0.3 is 5.97 Å². The van der Waals surface area contributed by atoms with E-state index in [1.807, 2.05) is 30.3 Å². The van der Waals surface area contributed by atoms with Crippen molar-refractivity contribution in [2.75, 3.05) is 13.2 Å². The van der Waals surface area contributed by atoms with E-state index in [2.05, 4.69) is 10.6 Å². The van der Waals surface area contributed by atoms with E-state index in [-0.39, 0.29) is 43.6 Å². The number of carbonyl (C=O) groups excluding carboxylic acids is 4. The van der Waals surface area contributed by atoms with Gasteiger partial charge in [-0.3, -0.25) is 19.2 Å². The van der Waals surface area contributed by atoms with Gasteiger partial charge in [-0.2, -0.15) is 0 Å². The summed E-state index contributed by atoms with van der Waals surface area (Å²) in [4.78, 5) is 48.5. The molecule has 148 valence electrons. The van der Waals surface area contributed by atoms with Crippen molar-refractivity contribution >= 4 is 23.6 Å². The number of benzene rings is 1. The third-order valence-corrected chi connectivity index (χ3v) is 5.12. The van der Waals surface area contributed by atoms with Crippen LogP contribution in [-0.2, 0) is 23.9 Å². The number of ether oxygens (including phenoxy) is 1. The lowest BCUT2D eigenvalue weighted by Crippen LogP contribution is -2.42. The molecule has 3 rings (SSSR count). The highest BCUT2D eigenvalue weighted by atomic mass is 16.5. The maximum Gasteiger partial charge on any atom is 0.325 e. The van der Waals surface area contributed by atoms with Crippen molar-refractivity contribution in [1.82, 2.24) is 10.6 Å². The number of allylic oxidation sites excluding steroid dienone is 2. The molecule has 0 fully saturated rings. The molecule has 1 aromatic rings. The van der Waals surface area contributed by atoms with Crippen LogP contribution in [0.1, 0.15) is 44.1 Å². The van der Waals surface area contributed by atoms with Crippen molar-refractivity contribution in [2.45, 2.75) is 38.5 Å². The number of Topliss-reactive ketones (excluding diaryl/α,β-unsaturated/α-hetero) is 1. The Morgan fingerprint density at radius 1 is 1.14 bits per heavy atom. The highest BCUT2D eigenvalue weighted by molar-refractivity contribution is 6.01. The van der Waals surface area contributed by atoms with E-state index >= 15 is 0 Å². The summed E-state index contributed by atoms with van der Waals surface area (Å²) in [5.74, 6) is -1.74. The van der Waals surface area contributed by atoms with Crippen LogP contribution in [-0.4, -0.2) is 36.7 Å². The molecule has 1 aliphatic carbocycles. The Labute approximate surface area is 163 Å². The van der Waals surface area contributed by atoms with Gasteiger partial charge in [0, 0.05) is 24.1 Å². The van der Waals surface area contributed by atoms with E-state index in [4.69, 9.17) is 4.74 Å². The Balaban J connectivity index is 1.62. The molecule has 2 aliphatic rings. The first-order chi connectivity index (χ1) is 13.5. The highest BCUT2D eigenvalue weighted by Gasteiger charge is 2.37. The standard InChI is InChI=1S/C21H24N2O5/c1-2-28-20(26)12-22-19(25)11-15-8-16-17(23-21(15)27)9-14(10-18(16)24)13-6-4-3-5-7-13/h3-7,14-15H,2,8-12H2,1H3,(H,22,25)(H,23,27). The minimum Gasteiger partial charge on any atom is -0.465 e. The van der Waals surface area contributed by atoms with Crippen molar-refractivity contribution in [1.29, 1.82) is 0 Å². The molecule has 0 spiro atoms. The first-order valence-corrected chi connectivity index (χ1v) is 9.51. The number of amides is 2. The Morgan fingerprint density at radius 2 is 1.89 bits per heavy atom. The van der Waals surface area contributed by atoms with Crippen LogP contribution in [0.25, 0.3) is 0 Å². The fourth-order valence-corrected chi connectivity index (χ4v) is 3.71. The van der Waals surface area contributed by atoms with Gasteiger partial charge in [-0.05, 0) is 31.2 Å². The monoisotopic (exact) mass is 384 g/mol. The predicted molar refractivity (Wildman–Crippen MR) is 101 cm³/mol. The fourth-order valence-electron chi connectivity index (χ4n) is 3.71. The average Bonchev–Trinajstić information content (AvgIpc) is 2.68. The third kappa shape index (κ3) is 4.65. The molecule has 0 radical (unpaired) electrons. The molecule has 1 heterocycles. The Kier molecular flexibility index (Phi) is 6.23. The lowest BCUT2D eigenvalue weighted by Gasteiger charge is -2.32. The summed E-state index contributed by atoms with van der Waals surface area (Å²) in [6.07, 6.45) is 1.20. The van der Waals surface area contributed by atoms with Crippen molar-refractivity contribution < 1.29 is 23.9 Å². The number of rotatable bonds is 6. The quantitative estimate of drug-likeness (QED) is 0.726. The highest BCUT2D eigenvalue weighted by Crippen LogP contribution is 2.38. The van der Waals surface area contributed by atoms with Crippen molar-refractivity contribution in [3.63, 3.8) is 0 Å². The van der Waals surface area contributed by atoms with Crippen molar-refractivity contribution in [3.8, 4) is 0 Å². The lowest BCUT2D eigenvalue weighted by molar-refractivity contribution is -0.143. The molecule has 1 aliphatic heterocycles. The van der Waals surface area contributed by atoms with Gasteiger partial charge in [-0.1, -0.05) is 30.3 Å². The van der Waals surface area contributed by atoms with Gasteiger partial charge in [0.15, 0.2) is 5.78 Å². The van der Waals surface area contributed by atoms with E-state index in [9.17, 15) is 19.2 Å². The normalized spacial score (nSPS) is 21.6. The first-order valence-electron chi connectivity index (χ1n) is 9.51. The van der Waals surface area contributed by atoms with Crippen LogP contribution in [0.4, 0.5) is 0 Å². The topological polar surface area (TPSA) is 102 Å². The van der Waals surface area contributed by atoms with Crippen LogP contribution in [0.5, 0.6) is 0 Å². The molecule has 28 heavy (non-hydrogen) atoms. The van der Waals surface area contributed by atoms with Crippen LogP contribution < -0.4 is 10.6 Å². The molecule has 2 unspecified atom stereocenters. The van der Waals surface area contributed by atoms with E-state index < -0.39 is 17.8 Å². The molecular formula is C21H24N2O5. The largest absolute Gasteiger partial charge is 0.465 e. The molecular weight excluding hydrogens is 360 g/mol. The van der Waals surface area contributed by atoms with Crippen LogP contribution in [0.3, 0.4) is 0 Å². The summed E-state index contributed by atoms with van der Waals surface area (Å²) in [5.41, 5.74) is 2.38. The number of nitrogens with one attached hydrogen (secondary N) is 2. The number of ketones is 1. The van der Waals surface area contributed by atoms with Gasteiger partial charge in [0.2, 0.25) is 11.8 Å². The molecule has 0 bridgehead atoms. The minimum atomic E-state index is -0.613. The first kappa shape index (κ1) is 19.8. The zero-order valence-electron chi connectivity index (χ0n) is 15.8. The summed E-state index contributed by atoms with van der Waals surface area (Å²) < 4.78 is 4.75. The second-order valence-electron chi connectivity index (χ2n) is 7.07. The van der Waals surface area contributed by atoms with Crippen LogP contribution in [0.2, 0.25) is 0 Å². The number of hydrogen-bond donors (Lipinski definition) is 2. The molecule has 1 aromatic carbocycles. The van der Waals surface area contributed by atoms with Gasteiger partial charge in [0.1, 0.15) is 6.54 Å². The lowest BCUT2D eigenvalue weighted by atomic mass is 9.77. The zero-order chi connectivity index (χ0) is 20.1. The van der Waals surface area contributed by atoms with Crippen molar-refractivity contribution in [3.05, 3.63) is 47.2 Å². The maximum atomic E-state index is 12.7. The summed E-state index contributed by atoms with van der Waals surface area (Å²) in [7, 11) is 0. The smallest absolute Gasteiger partial charge is 0.325 e. The average molecular weight is 384 g/mol. The summed E-state index contributed by atoms with van der Waals surface area (Å²) >= 11 is 0. The predicted octanol–water partition coefficient (Wildman–Crippen LogP) is 1.59. The maximum absolute atomic E-state index is 12.7. The van der Waals surface area contributed by atoms with Gasteiger partial charge in [0.05, 0.1) is 12.5 Å². The summed E-state index contributed by atoms with van der Waals surface area (Å²) in [6.45, 7) is 1.69. The Morgan fingerprint density at radius 3 is 2.61 bits per heavy atom. The second-order valence-corrected chi connectivity index (χ2v) is 7.07. The molecule has 2 amide bonds. The number of hydrogen-bond acceptors (Lipinski definition) is 5. The second kappa shape index (κ2) is 8.82. The Bertz CT molecular complexity index is 815. The fraction of sp³-hybridized carbons (Fsp3) is 0.429. The van der Waals surface area contributed by atoms with Gasteiger partial charge in [-0.15, -0.1) is 0 Å². The SMILES string of the molecule is CCOC(=O)CNC(=O)CC1CC2=C(CC(c3ccccc3)CC2=O)NC1=O. The molecule has 2 N–H and O–H groups in total. The molecule has 0 saturated carbocycles. The molecule has 2 atom stereocenters. The Hall–Kier alpha value is -2.96.